The number of nitrogens with zero attached hydrogens (tertiary/aromatic N) is 1. The molecule has 0 radical (unpaired) electrons. The first-order chi connectivity index (χ1) is 9.29. The number of rotatable bonds is 4. The van der Waals surface area contributed by atoms with Gasteiger partial charge in [0.25, 0.3) is 10.0 Å². The molecule has 0 unspecified atom stereocenters. The van der Waals surface area contributed by atoms with Crippen molar-refractivity contribution in [3.8, 4) is 0 Å². The molecule has 1 heterocycles. The van der Waals surface area contributed by atoms with Crippen LogP contribution in [-0.2, 0) is 10.0 Å². The molecular formula is C10H6ClIN2O4S2. The predicted molar refractivity (Wildman–Crippen MR) is 86.0 cm³/mol. The van der Waals surface area contributed by atoms with Gasteiger partial charge < -0.3 is 0 Å². The number of hydrogen-bond acceptors (Lipinski definition) is 5. The number of benzene rings is 1. The summed E-state index contributed by atoms with van der Waals surface area (Å²) >= 11 is 8.74. The number of hydrogen-bond donors (Lipinski definition) is 1. The molecule has 106 valence electrons. The first kappa shape index (κ1) is 15.5. The van der Waals surface area contributed by atoms with Crippen LogP contribution in [0.4, 0.5) is 10.7 Å². The van der Waals surface area contributed by atoms with Gasteiger partial charge in [-0.3, -0.25) is 14.8 Å². The second-order valence-corrected chi connectivity index (χ2v) is 7.83. The van der Waals surface area contributed by atoms with E-state index in [4.69, 9.17) is 11.6 Å². The number of nitrogens with one attached hydrogen (secondary N) is 1. The lowest BCUT2D eigenvalue weighted by molar-refractivity contribution is -0.380. The summed E-state index contributed by atoms with van der Waals surface area (Å²) in [5.41, 5.74) is 0.223. The van der Waals surface area contributed by atoms with Crippen molar-refractivity contribution in [3.63, 3.8) is 0 Å². The van der Waals surface area contributed by atoms with E-state index in [1.165, 1.54) is 11.4 Å². The Morgan fingerprint density at radius 2 is 2.05 bits per heavy atom. The summed E-state index contributed by atoms with van der Waals surface area (Å²) in [6.07, 6.45) is 0. The fourth-order valence-electron chi connectivity index (χ4n) is 1.32. The quantitative estimate of drug-likeness (QED) is 0.442. The van der Waals surface area contributed by atoms with Crippen molar-refractivity contribution in [2.75, 3.05) is 4.72 Å². The SMILES string of the molecule is O=[N+]([O-])c1cc(S(=O)(=O)Nc2ccc(I)cc2Cl)cs1. The van der Waals surface area contributed by atoms with E-state index < -0.39 is 14.9 Å². The average molecular weight is 445 g/mol. The summed E-state index contributed by atoms with van der Waals surface area (Å²) in [4.78, 5) is 9.77. The van der Waals surface area contributed by atoms with Gasteiger partial charge in [0, 0.05) is 15.0 Å². The summed E-state index contributed by atoms with van der Waals surface area (Å²) in [6, 6.07) is 5.84. The van der Waals surface area contributed by atoms with Gasteiger partial charge in [0.05, 0.1) is 15.6 Å². The molecule has 20 heavy (non-hydrogen) atoms. The molecule has 0 fully saturated rings. The minimum atomic E-state index is -3.89. The smallest absolute Gasteiger partial charge is 0.278 e. The van der Waals surface area contributed by atoms with Crippen LogP contribution in [0.15, 0.2) is 34.5 Å². The summed E-state index contributed by atoms with van der Waals surface area (Å²) in [5.74, 6) is 0. The summed E-state index contributed by atoms with van der Waals surface area (Å²) < 4.78 is 27.3. The van der Waals surface area contributed by atoms with E-state index in [0.29, 0.717) is 0 Å². The zero-order valence-corrected chi connectivity index (χ0v) is 14.1. The van der Waals surface area contributed by atoms with E-state index >= 15 is 0 Å². The molecule has 10 heteroatoms. The zero-order chi connectivity index (χ0) is 14.9. The third-order valence-electron chi connectivity index (χ3n) is 2.23. The largest absolute Gasteiger partial charge is 0.325 e. The molecule has 0 atom stereocenters. The highest BCUT2D eigenvalue weighted by atomic mass is 127. The Kier molecular flexibility index (Phi) is 4.52. The number of halogens is 2. The van der Waals surface area contributed by atoms with Gasteiger partial charge in [0.2, 0.25) is 0 Å². The lowest BCUT2D eigenvalue weighted by atomic mass is 10.3. The van der Waals surface area contributed by atoms with Crippen molar-refractivity contribution in [2.45, 2.75) is 4.90 Å². The molecule has 0 aliphatic rings. The maximum atomic E-state index is 12.1. The van der Waals surface area contributed by atoms with Gasteiger partial charge in [0.1, 0.15) is 4.90 Å². The molecular weight excluding hydrogens is 439 g/mol. The van der Waals surface area contributed by atoms with Crippen LogP contribution in [0.25, 0.3) is 0 Å². The molecule has 0 amide bonds. The minimum absolute atomic E-state index is 0.163. The van der Waals surface area contributed by atoms with Gasteiger partial charge in [-0.2, -0.15) is 0 Å². The van der Waals surface area contributed by atoms with Crippen molar-refractivity contribution in [1.82, 2.24) is 0 Å². The van der Waals surface area contributed by atoms with Gasteiger partial charge in [-0.05, 0) is 40.8 Å². The Bertz CT molecular complexity index is 775. The molecule has 6 nitrogen and oxygen atoms in total. The third-order valence-corrected chi connectivity index (χ3v) is 5.59. The topological polar surface area (TPSA) is 89.3 Å². The predicted octanol–water partition coefficient (Wildman–Crippen LogP) is 3.72. The lowest BCUT2D eigenvalue weighted by Crippen LogP contribution is -2.12. The van der Waals surface area contributed by atoms with Gasteiger partial charge >= 0.3 is 5.00 Å². The number of nitro groups is 1. The minimum Gasteiger partial charge on any atom is -0.278 e. The monoisotopic (exact) mass is 444 g/mol. The van der Waals surface area contributed by atoms with E-state index in [9.17, 15) is 18.5 Å². The second kappa shape index (κ2) is 5.84. The molecule has 0 saturated heterocycles. The van der Waals surface area contributed by atoms with Crippen molar-refractivity contribution in [1.29, 1.82) is 0 Å². The molecule has 0 spiro atoms. The van der Waals surface area contributed by atoms with Gasteiger partial charge in [0.15, 0.2) is 0 Å². The third kappa shape index (κ3) is 3.40. The van der Waals surface area contributed by atoms with E-state index in [1.54, 1.807) is 12.1 Å². The summed E-state index contributed by atoms with van der Waals surface area (Å²) in [7, 11) is -3.89. The van der Waals surface area contributed by atoms with E-state index in [-0.39, 0.29) is 20.6 Å². The van der Waals surface area contributed by atoms with Crippen LogP contribution in [0, 0.1) is 13.7 Å². The molecule has 1 aromatic carbocycles. The van der Waals surface area contributed by atoms with E-state index in [0.717, 1.165) is 21.0 Å². The Hall–Kier alpha value is -0.910. The standard InChI is InChI=1S/C10H6ClIN2O4S2/c11-8-3-6(12)1-2-9(8)13-20(17,18)7-4-10(14(15)16)19-5-7/h1-5,13H. The lowest BCUT2D eigenvalue weighted by Gasteiger charge is -2.08. The Morgan fingerprint density at radius 3 is 2.60 bits per heavy atom. The fourth-order valence-corrected chi connectivity index (χ4v) is 4.44. The highest BCUT2D eigenvalue weighted by Crippen LogP contribution is 2.30. The van der Waals surface area contributed by atoms with Crippen molar-refractivity contribution in [3.05, 3.63) is 48.4 Å². The Morgan fingerprint density at radius 1 is 1.35 bits per heavy atom. The van der Waals surface area contributed by atoms with Gasteiger partial charge in [-0.15, -0.1) is 0 Å². The molecule has 2 rings (SSSR count). The first-order valence-corrected chi connectivity index (χ1v) is 8.82. The van der Waals surface area contributed by atoms with Crippen LogP contribution in [-0.4, -0.2) is 13.3 Å². The molecule has 2 aromatic rings. The molecule has 1 aromatic heterocycles. The normalized spacial score (nSPS) is 11.3. The Balaban J connectivity index is 2.33. The van der Waals surface area contributed by atoms with Crippen molar-refractivity contribution in [2.24, 2.45) is 0 Å². The summed E-state index contributed by atoms with van der Waals surface area (Å²) in [5, 5.41) is 11.8. The summed E-state index contributed by atoms with van der Waals surface area (Å²) in [6.45, 7) is 0. The van der Waals surface area contributed by atoms with Crippen molar-refractivity contribution >= 4 is 66.2 Å². The molecule has 0 aliphatic heterocycles. The van der Waals surface area contributed by atoms with Crippen LogP contribution in [0.5, 0.6) is 0 Å². The van der Waals surface area contributed by atoms with Crippen LogP contribution in [0.3, 0.4) is 0 Å². The van der Waals surface area contributed by atoms with Gasteiger partial charge in [-0.25, -0.2) is 8.42 Å². The second-order valence-electron chi connectivity index (χ2n) is 3.61. The molecule has 0 aliphatic carbocycles. The van der Waals surface area contributed by atoms with E-state index in [1.807, 2.05) is 22.6 Å². The Labute approximate surface area is 137 Å². The van der Waals surface area contributed by atoms with Crippen molar-refractivity contribution < 1.29 is 13.3 Å². The highest BCUT2D eigenvalue weighted by molar-refractivity contribution is 14.1. The van der Waals surface area contributed by atoms with Crippen LogP contribution >= 0.6 is 45.5 Å². The average Bonchev–Trinajstić information content (AvgIpc) is 2.83. The van der Waals surface area contributed by atoms with E-state index in [2.05, 4.69) is 4.72 Å². The van der Waals surface area contributed by atoms with Gasteiger partial charge in [-0.1, -0.05) is 22.9 Å². The zero-order valence-electron chi connectivity index (χ0n) is 9.54. The number of thiophene rings is 1. The van der Waals surface area contributed by atoms with Crippen LogP contribution in [0.1, 0.15) is 0 Å². The highest BCUT2D eigenvalue weighted by Gasteiger charge is 2.21. The van der Waals surface area contributed by atoms with Crippen LogP contribution in [0.2, 0.25) is 5.02 Å². The number of sulfonamides is 1. The first-order valence-electron chi connectivity index (χ1n) is 5.00. The molecule has 0 bridgehead atoms. The van der Waals surface area contributed by atoms with Crippen LogP contribution < -0.4 is 4.72 Å². The fraction of sp³-hybridized carbons (Fsp3) is 0. The molecule has 0 saturated carbocycles. The number of anilines is 1. The molecule has 1 N–H and O–H groups in total. The maximum Gasteiger partial charge on any atom is 0.325 e. The maximum absolute atomic E-state index is 12.1.